The summed E-state index contributed by atoms with van der Waals surface area (Å²) in [6.45, 7) is 2.26. The fourth-order valence-corrected chi connectivity index (χ4v) is 3.42. The van der Waals surface area contributed by atoms with Crippen LogP contribution in [0.5, 0.6) is 0 Å². The van der Waals surface area contributed by atoms with Gasteiger partial charge in [-0.1, -0.05) is 50.1 Å². The van der Waals surface area contributed by atoms with Crippen LogP contribution in [0.3, 0.4) is 0 Å². The lowest BCUT2D eigenvalue weighted by molar-refractivity contribution is -0.124. The number of rotatable bonds is 6. The molecule has 0 amide bonds. The lowest BCUT2D eigenvalue weighted by Crippen LogP contribution is -2.28. The number of benzene rings is 1. The zero-order valence-electron chi connectivity index (χ0n) is 12.2. The molecule has 0 bridgehead atoms. The van der Waals surface area contributed by atoms with Gasteiger partial charge < -0.3 is 0 Å². The molecule has 1 aromatic rings. The van der Waals surface area contributed by atoms with Gasteiger partial charge in [0.15, 0.2) is 0 Å². The lowest BCUT2D eigenvalue weighted by Gasteiger charge is -2.35. The molecular weight excluding hydrogens is 232 g/mol. The standard InChI is InChI=1S/C18H26O/c1-2-18(14-8-12-17(19)15-18)13-7-6-11-16-9-4-3-5-10-16/h3-5,9-10H,2,6-8,11-15H2,1H3/t18-/m0/s1. The van der Waals surface area contributed by atoms with Gasteiger partial charge in [-0.2, -0.15) is 0 Å². The summed E-state index contributed by atoms with van der Waals surface area (Å²) in [7, 11) is 0. The van der Waals surface area contributed by atoms with E-state index < -0.39 is 0 Å². The fraction of sp³-hybridized carbons (Fsp3) is 0.611. The summed E-state index contributed by atoms with van der Waals surface area (Å²) < 4.78 is 0. The second-order valence-corrected chi connectivity index (χ2v) is 6.12. The fourth-order valence-electron chi connectivity index (χ4n) is 3.42. The Bertz CT molecular complexity index is 395. The van der Waals surface area contributed by atoms with Crippen LogP contribution >= 0.6 is 0 Å². The summed E-state index contributed by atoms with van der Waals surface area (Å²) in [5.41, 5.74) is 1.78. The molecule has 0 heterocycles. The first-order chi connectivity index (χ1) is 9.24. The first-order valence-corrected chi connectivity index (χ1v) is 7.80. The highest BCUT2D eigenvalue weighted by Crippen LogP contribution is 2.41. The van der Waals surface area contributed by atoms with Crippen LogP contribution in [0.15, 0.2) is 30.3 Å². The van der Waals surface area contributed by atoms with Crippen molar-refractivity contribution in [2.45, 2.75) is 64.7 Å². The summed E-state index contributed by atoms with van der Waals surface area (Å²) in [5.74, 6) is 0.496. The van der Waals surface area contributed by atoms with Gasteiger partial charge in [-0.3, -0.25) is 4.79 Å². The highest BCUT2D eigenvalue weighted by molar-refractivity contribution is 5.79. The highest BCUT2D eigenvalue weighted by atomic mass is 16.1. The minimum atomic E-state index is 0.339. The van der Waals surface area contributed by atoms with Crippen LogP contribution in [0, 0.1) is 5.41 Å². The largest absolute Gasteiger partial charge is 0.300 e. The third kappa shape index (κ3) is 4.19. The van der Waals surface area contributed by atoms with Crippen molar-refractivity contribution in [1.82, 2.24) is 0 Å². The van der Waals surface area contributed by atoms with Crippen molar-refractivity contribution >= 4 is 5.78 Å². The second-order valence-electron chi connectivity index (χ2n) is 6.12. The number of ketones is 1. The summed E-state index contributed by atoms with van der Waals surface area (Å²) in [4.78, 5) is 11.7. The van der Waals surface area contributed by atoms with E-state index >= 15 is 0 Å². The molecule has 0 radical (unpaired) electrons. The Morgan fingerprint density at radius 2 is 1.95 bits per heavy atom. The molecule has 1 fully saturated rings. The highest BCUT2D eigenvalue weighted by Gasteiger charge is 2.33. The molecule has 1 aromatic carbocycles. The van der Waals surface area contributed by atoms with Gasteiger partial charge in [0.05, 0.1) is 0 Å². The number of hydrogen-bond acceptors (Lipinski definition) is 1. The Labute approximate surface area is 117 Å². The molecule has 0 aromatic heterocycles. The van der Waals surface area contributed by atoms with Gasteiger partial charge in [-0.15, -0.1) is 0 Å². The van der Waals surface area contributed by atoms with E-state index in [0.29, 0.717) is 11.2 Å². The Morgan fingerprint density at radius 1 is 1.16 bits per heavy atom. The monoisotopic (exact) mass is 258 g/mol. The molecule has 0 aliphatic heterocycles. The molecule has 104 valence electrons. The Morgan fingerprint density at radius 3 is 2.63 bits per heavy atom. The number of hydrogen-bond donors (Lipinski definition) is 0. The van der Waals surface area contributed by atoms with Crippen LogP contribution < -0.4 is 0 Å². The first-order valence-electron chi connectivity index (χ1n) is 7.80. The SMILES string of the molecule is CC[C@]1(CCCCc2ccccc2)CCCC(=O)C1. The molecule has 0 unspecified atom stereocenters. The van der Waals surface area contributed by atoms with Crippen molar-refractivity contribution in [3.8, 4) is 0 Å². The van der Waals surface area contributed by atoms with Crippen molar-refractivity contribution < 1.29 is 4.79 Å². The Hall–Kier alpha value is -1.11. The number of aryl methyl sites for hydroxylation is 1. The van der Waals surface area contributed by atoms with Crippen molar-refractivity contribution in [3.63, 3.8) is 0 Å². The Balaban J connectivity index is 1.76. The van der Waals surface area contributed by atoms with E-state index in [1.54, 1.807) is 0 Å². The van der Waals surface area contributed by atoms with Crippen LogP contribution in [-0.2, 0) is 11.2 Å². The van der Waals surface area contributed by atoms with Crippen molar-refractivity contribution in [2.75, 3.05) is 0 Å². The molecule has 1 atom stereocenters. The molecule has 1 nitrogen and oxygen atoms in total. The average molecular weight is 258 g/mol. The number of Topliss-reactive ketones (excluding diaryl/α,β-unsaturated/α-hetero) is 1. The molecule has 0 N–H and O–H groups in total. The van der Waals surface area contributed by atoms with Crippen LogP contribution in [0.4, 0.5) is 0 Å². The second kappa shape index (κ2) is 6.88. The van der Waals surface area contributed by atoms with Gasteiger partial charge in [0, 0.05) is 12.8 Å². The predicted octanol–water partition coefficient (Wildman–Crippen LogP) is 4.94. The molecular formula is C18H26O. The quantitative estimate of drug-likeness (QED) is 0.661. The van der Waals surface area contributed by atoms with Gasteiger partial charge in [0.1, 0.15) is 5.78 Å². The van der Waals surface area contributed by atoms with Crippen LogP contribution in [0.2, 0.25) is 0 Å². The molecule has 1 saturated carbocycles. The normalized spacial score (nSPS) is 23.5. The van der Waals surface area contributed by atoms with Gasteiger partial charge in [0.2, 0.25) is 0 Å². The summed E-state index contributed by atoms with van der Waals surface area (Å²) >= 11 is 0. The van der Waals surface area contributed by atoms with Crippen LogP contribution in [-0.4, -0.2) is 5.78 Å². The maximum absolute atomic E-state index is 11.7. The third-order valence-corrected chi connectivity index (χ3v) is 4.75. The van der Waals surface area contributed by atoms with Crippen LogP contribution in [0.1, 0.15) is 63.9 Å². The van der Waals surface area contributed by atoms with E-state index in [1.165, 1.54) is 44.1 Å². The van der Waals surface area contributed by atoms with Gasteiger partial charge in [-0.25, -0.2) is 0 Å². The molecule has 2 rings (SSSR count). The van der Waals surface area contributed by atoms with Gasteiger partial charge >= 0.3 is 0 Å². The van der Waals surface area contributed by atoms with Crippen molar-refractivity contribution in [3.05, 3.63) is 35.9 Å². The van der Waals surface area contributed by atoms with E-state index in [1.807, 2.05) is 0 Å². The molecule has 19 heavy (non-hydrogen) atoms. The van der Waals surface area contributed by atoms with Crippen LogP contribution in [0.25, 0.3) is 0 Å². The molecule has 0 saturated heterocycles. The topological polar surface area (TPSA) is 17.1 Å². The molecule has 1 aliphatic rings. The molecule has 1 aliphatic carbocycles. The predicted molar refractivity (Wildman–Crippen MR) is 80.2 cm³/mol. The zero-order valence-corrected chi connectivity index (χ0v) is 12.2. The number of carbonyl (C=O) groups excluding carboxylic acids is 1. The van der Waals surface area contributed by atoms with Gasteiger partial charge in [0.25, 0.3) is 0 Å². The van der Waals surface area contributed by atoms with E-state index in [-0.39, 0.29) is 0 Å². The molecule has 0 spiro atoms. The summed E-state index contributed by atoms with van der Waals surface area (Å²) in [6.07, 6.45) is 10.1. The smallest absolute Gasteiger partial charge is 0.133 e. The average Bonchev–Trinajstić information content (AvgIpc) is 2.45. The minimum Gasteiger partial charge on any atom is -0.300 e. The molecule has 1 heteroatoms. The van der Waals surface area contributed by atoms with E-state index in [9.17, 15) is 4.79 Å². The third-order valence-electron chi connectivity index (χ3n) is 4.75. The summed E-state index contributed by atoms with van der Waals surface area (Å²) in [6, 6.07) is 10.7. The van der Waals surface area contributed by atoms with E-state index in [4.69, 9.17) is 0 Å². The maximum Gasteiger partial charge on any atom is 0.133 e. The number of carbonyl (C=O) groups is 1. The Kier molecular flexibility index (Phi) is 5.18. The van der Waals surface area contributed by atoms with Crippen molar-refractivity contribution in [2.24, 2.45) is 5.41 Å². The van der Waals surface area contributed by atoms with E-state index in [0.717, 1.165) is 19.3 Å². The maximum atomic E-state index is 11.7. The van der Waals surface area contributed by atoms with Crippen molar-refractivity contribution in [1.29, 1.82) is 0 Å². The zero-order chi connectivity index (χ0) is 13.6. The lowest BCUT2D eigenvalue weighted by atomic mass is 9.69. The first kappa shape index (κ1) is 14.3. The summed E-state index contributed by atoms with van der Waals surface area (Å²) in [5, 5.41) is 0. The number of unbranched alkanes of at least 4 members (excludes halogenated alkanes) is 1. The van der Waals surface area contributed by atoms with Gasteiger partial charge in [-0.05, 0) is 43.1 Å². The minimum absolute atomic E-state index is 0.339. The van der Waals surface area contributed by atoms with E-state index in [2.05, 4.69) is 37.3 Å².